The zero-order valence-electron chi connectivity index (χ0n) is 14.5. The second kappa shape index (κ2) is 13.2. The summed E-state index contributed by atoms with van der Waals surface area (Å²) in [6.45, 7) is 4.03. The first-order chi connectivity index (χ1) is 10.9. The van der Waals surface area contributed by atoms with Crippen LogP contribution >= 0.6 is 24.0 Å². The molecule has 0 heterocycles. The molecule has 0 aliphatic heterocycles. The molecule has 0 spiro atoms. The van der Waals surface area contributed by atoms with Crippen LogP contribution in [0.2, 0.25) is 0 Å². The van der Waals surface area contributed by atoms with Crippen LogP contribution in [-0.4, -0.2) is 52.0 Å². The minimum Gasteiger partial charge on any atom is -0.379 e. The molecule has 0 unspecified atom stereocenters. The van der Waals surface area contributed by atoms with Gasteiger partial charge in [0.05, 0.1) is 19.3 Å². The minimum atomic E-state index is 0. The van der Waals surface area contributed by atoms with Gasteiger partial charge >= 0.3 is 0 Å². The maximum Gasteiger partial charge on any atom is 0.191 e. The van der Waals surface area contributed by atoms with Crippen LogP contribution in [0.5, 0.6) is 0 Å². The summed E-state index contributed by atoms with van der Waals surface area (Å²) in [4.78, 5) is 4.22. The third-order valence-electron chi connectivity index (χ3n) is 4.36. The van der Waals surface area contributed by atoms with Crippen LogP contribution in [0.4, 0.5) is 0 Å². The van der Waals surface area contributed by atoms with Crippen molar-refractivity contribution >= 4 is 29.9 Å². The Morgan fingerprint density at radius 1 is 0.957 bits per heavy atom. The summed E-state index contributed by atoms with van der Waals surface area (Å²) in [6, 6.07) is 0. The summed E-state index contributed by atoms with van der Waals surface area (Å²) in [5.74, 6) is 1.66. The molecule has 2 fully saturated rings. The summed E-state index contributed by atoms with van der Waals surface area (Å²) in [5.41, 5.74) is 0. The van der Waals surface area contributed by atoms with E-state index in [0.717, 1.165) is 44.8 Å². The van der Waals surface area contributed by atoms with Crippen molar-refractivity contribution in [3.63, 3.8) is 0 Å². The molecule has 0 aromatic rings. The van der Waals surface area contributed by atoms with Crippen LogP contribution in [0.25, 0.3) is 0 Å². The van der Waals surface area contributed by atoms with E-state index < -0.39 is 0 Å². The number of ether oxygens (including phenoxy) is 2. The summed E-state index contributed by atoms with van der Waals surface area (Å²) < 4.78 is 11.6. The van der Waals surface area contributed by atoms with Crippen molar-refractivity contribution in [2.45, 2.75) is 57.5 Å². The quantitative estimate of drug-likeness (QED) is 0.191. The molecule has 2 rings (SSSR count). The van der Waals surface area contributed by atoms with Gasteiger partial charge in [0.15, 0.2) is 5.96 Å². The molecule has 2 aliphatic rings. The first kappa shape index (κ1) is 21.0. The van der Waals surface area contributed by atoms with E-state index in [0.29, 0.717) is 6.10 Å². The zero-order valence-corrected chi connectivity index (χ0v) is 16.8. The molecular formula is C17H34IN3O2. The lowest BCUT2D eigenvalue weighted by atomic mass is 10.1. The molecule has 2 aliphatic carbocycles. The second-order valence-corrected chi connectivity index (χ2v) is 6.43. The number of hydrogen-bond donors (Lipinski definition) is 2. The molecule has 0 amide bonds. The van der Waals surface area contributed by atoms with Gasteiger partial charge in [0.25, 0.3) is 0 Å². The predicted molar refractivity (Wildman–Crippen MR) is 106 cm³/mol. The summed E-state index contributed by atoms with van der Waals surface area (Å²) in [6.07, 6.45) is 11.0. The highest BCUT2D eigenvalue weighted by molar-refractivity contribution is 14.0. The molecule has 2 N–H and O–H groups in total. The number of halogens is 1. The topological polar surface area (TPSA) is 54.9 Å². The Morgan fingerprint density at radius 3 is 2.22 bits per heavy atom. The van der Waals surface area contributed by atoms with E-state index in [1.165, 1.54) is 51.4 Å². The maximum absolute atomic E-state index is 5.96. The molecule has 0 atom stereocenters. The van der Waals surface area contributed by atoms with Gasteiger partial charge in [-0.2, -0.15) is 0 Å². The van der Waals surface area contributed by atoms with Gasteiger partial charge in [0.1, 0.15) is 0 Å². The molecule has 0 aromatic carbocycles. The van der Waals surface area contributed by atoms with Gasteiger partial charge in [-0.15, -0.1) is 24.0 Å². The van der Waals surface area contributed by atoms with E-state index in [1.807, 2.05) is 0 Å². The Morgan fingerprint density at radius 2 is 1.61 bits per heavy atom. The summed E-state index contributed by atoms with van der Waals surface area (Å²) in [7, 11) is 1.80. The minimum absolute atomic E-state index is 0. The smallest absolute Gasteiger partial charge is 0.191 e. The highest BCUT2D eigenvalue weighted by atomic mass is 127. The molecule has 6 heteroatoms. The molecule has 5 nitrogen and oxygen atoms in total. The fourth-order valence-corrected chi connectivity index (χ4v) is 2.80. The van der Waals surface area contributed by atoms with Gasteiger partial charge in [-0.05, 0) is 31.6 Å². The molecule has 0 aromatic heterocycles. The number of guanidine groups is 1. The molecule has 23 heavy (non-hydrogen) atoms. The molecule has 136 valence electrons. The van der Waals surface area contributed by atoms with Crippen LogP contribution in [0.1, 0.15) is 51.4 Å². The Bertz CT molecular complexity index is 317. The average molecular weight is 439 g/mol. The normalized spacial score (nSPS) is 19.8. The standard InChI is InChI=1S/C17H33N3O2.HI/c1-18-17(19-10-12-21-14-15-8-9-15)20-11-13-22-16-6-4-2-3-5-7-16;/h15-16H,2-14H2,1H3,(H2,18,19,20);1H. The van der Waals surface area contributed by atoms with Gasteiger partial charge in [-0.25, -0.2) is 0 Å². The van der Waals surface area contributed by atoms with Crippen molar-refractivity contribution in [3.8, 4) is 0 Å². The number of hydrogen-bond acceptors (Lipinski definition) is 3. The fourth-order valence-electron chi connectivity index (χ4n) is 2.80. The molecular weight excluding hydrogens is 405 g/mol. The van der Waals surface area contributed by atoms with Crippen LogP contribution in [0, 0.1) is 5.92 Å². The zero-order chi connectivity index (χ0) is 15.5. The first-order valence-corrected chi connectivity index (χ1v) is 9.02. The molecule has 0 bridgehead atoms. The second-order valence-electron chi connectivity index (χ2n) is 6.43. The van der Waals surface area contributed by atoms with Gasteiger partial charge in [0.2, 0.25) is 0 Å². The van der Waals surface area contributed by atoms with Gasteiger partial charge in [-0.1, -0.05) is 25.7 Å². The Hall–Kier alpha value is -0.0800. The lowest BCUT2D eigenvalue weighted by molar-refractivity contribution is 0.0468. The van der Waals surface area contributed by atoms with Crippen molar-refractivity contribution < 1.29 is 9.47 Å². The summed E-state index contributed by atoms with van der Waals surface area (Å²) in [5, 5.41) is 6.57. The summed E-state index contributed by atoms with van der Waals surface area (Å²) >= 11 is 0. The van der Waals surface area contributed by atoms with Crippen molar-refractivity contribution in [3.05, 3.63) is 0 Å². The number of rotatable bonds is 9. The lowest BCUT2D eigenvalue weighted by Crippen LogP contribution is -2.40. The van der Waals surface area contributed by atoms with Crippen LogP contribution in [-0.2, 0) is 9.47 Å². The van der Waals surface area contributed by atoms with E-state index in [2.05, 4.69) is 15.6 Å². The van der Waals surface area contributed by atoms with E-state index in [1.54, 1.807) is 7.05 Å². The molecule has 2 saturated carbocycles. The van der Waals surface area contributed by atoms with Crippen molar-refractivity contribution in [2.75, 3.05) is 40.0 Å². The van der Waals surface area contributed by atoms with E-state index in [9.17, 15) is 0 Å². The van der Waals surface area contributed by atoms with Crippen molar-refractivity contribution in [1.82, 2.24) is 10.6 Å². The highest BCUT2D eigenvalue weighted by Crippen LogP contribution is 2.28. The highest BCUT2D eigenvalue weighted by Gasteiger charge is 2.20. The SMILES string of the molecule is CN=C(NCCOCC1CC1)NCCOC1CCCCCC1.I. The van der Waals surface area contributed by atoms with E-state index in [-0.39, 0.29) is 24.0 Å². The number of nitrogens with one attached hydrogen (secondary N) is 2. The largest absolute Gasteiger partial charge is 0.379 e. The Labute approximate surface area is 158 Å². The van der Waals surface area contributed by atoms with E-state index >= 15 is 0 Å². The maximum atomic E-state index is 5.96. The average Bonchev–Trinajstić information content (AvgIpc) is 3.36. The van der Waals surface area contributed by atoms with Gasteiger partial charge in [-0.3, -0.25) is 4.99 Å². The molecule has 0 radical (unpaired) electrons. The fraction of sp³-hybridized carbons (Fsp3) is 0.941. The third kappa shape index (κ3) is 10.4. The van der Waals surface area contributed by atoms with Crippen LogP contribution < -0.4 is 10.6 Å². The van der Waals surface area contributed by atoms with Crippen molar-refractivity contribution in [2.24, 2.45) is 10.9 Å². The van der Waals surface area contributed by atoms with Gasteiger partial charge in [0, 0.05) is 26.7 Å². The number of aliphatic imine (C=N–C) groups is 1. The predicted octanol–water partition coefficient (Wildman–Crippen LogP) is 2.94. The Kier molecular flexibility index (Phi) is 12.1. The monoisotopic (exact) mass is 439 g/mol. The van der Waals surface area contributed by atoms with Gasteiger partial charge < -0.3 is 20.1 Å². The number of nitrogens with zero attached hydrogens (tertiary/aromatic N) is 1. The van der Waals surface area contributed by atoms with Crippen LogP contribution in [0.15, 0.2) is 4.99 Å². The Balaban J connectivity index is 0.00000264. The molecule has 0 saturated heterocycles. The van der Waals surface area contributed by atoms with E-state index in [4.69, 9.17) is 9.47 Å². The first-order valence-electron chi connectivity index (χ1n) is 9.02. The van der Waals surface area contributed by atoms with Crippen LogP contribution in [0.3, 0.4) is 0 Å². The lowest BCUT2D eigenvalue weighted by Gasteiger charge is -2.16. The van der Waals surface area contributed by atoms with Crippen molar-refractivity contribution in [1.29, 1.82) is 0 Å². The third-order valence-corrected chi connectivity index (χ3v) is 4.36.